The Morgan fingerprint density at radius 1 is 0.967 bits per heavy atom. The monoisotopic (exact) mass is 447 g/mol. The molecule has 0 heterocycles. The zero-order chi connectivity index (χ0) is 23.4. The van der Waals surface area contributed by atoms with Crippen molar-refractivity contribution >= 4 is 42.3 Å². The van der Waals surface area contributed by atoms with Crippen LogP contribution >= 0.6 is 12.6 Å². The number of carboxylic acids is 1. The smallest absolute Gasteiger partial charge is 0.327 e. The maximum Gasteiger partial charge on any atom is 0.327 e. The van der Waals surface area contributed by atoms with E-state index in [2.05, 4.69) is 33.6 Å². The summed E-state index contributed by atoms with van der Waals surface area (Å²) < 4.78 is 0. The number of aliphatic carboxylic acids is 1. The number of carbonyl (C=O) groups excluding carboxylic acids is 3. The molecule has 0 saturated heterocycles. The van der Waals surface area contributed by atoms with Crippen LogP contribution in [0.15, 0.2) is 4.99 Å². The number of aliphatic imine (C=N–C) groups is 1. The highest BCUT2D eigenvalue weighted by Gasteiger charge is 2.28. The molecule has 0 aliphatic carbocycles. The van der Waals surface area contributed by atoms with Crippen molar-refractivity contribution in [3.63, 3.8) is 0 Å². The molecule has 0 rings (SSSR count). The fraction of sp³-hybridized carbons (Fsp3) is 0.706. The lowest BCUT2D eigenvalue weighted by molar-refractivity contribution is -0.141. The Hall–Kier alpha value is -2.54. The van der Waals surface area contributed by atoms with Gasteiger partial charge in [0.1, 0.15) is 18.1 Å². The van der Waals surface area contributed by atoms with E-state index < -0.39 is 47.9 Å². The van der Waals surface area contributed by atoms with Crippen molar-refractivity contribution in [1.82, 2.24) is 16.0 Å². The van der Waals surface area contributed by atoms with Crippen molar-refractivity contribution in [3.05, 3.63) is 0 Å². The molecule has 0 spiro atoms. The molecule has 0 saturated carbocycles. The SMILES string of the molecule is CC(C)[C@H](N)C(=O)N[C@@H](CCCN=C(N)N)C(=O)N[C@@H](C)C(=O)N[C@@H](CS)C(=O)O. The van der Waals surface area contributed by atoms with Crippen LogP contribution in [0.1, 0.15) is 33.6 Å². The van der Waals surface area contributed by atoms with Gasteiger partial charge in [-0.2, -0.15) is 12.6 Å². The molecule has 4 atom stereocenters. The van der Waals surface area contributed by atoms with Gasteiger partial charge in [0.05, 0.1) is 6.04 Å². The Morgan fingerprint density at radius 2 is 1.53 bits per heavy atom. The van der Waals surface area contributed by atoms with E-state index in [0.29, 0.717) is 6.42 Å². The molecule has 10 N–H and O–H groups in total. The first-order valence-electron chi connectivity index (χ1n) is 9.46. The zero-order valence-corrected chi connectivity index (χ0v) is 18.3. The predicted molar refractivity (Wildman–Crippen MR) is 116 cm³/mol. The second-order valence-electron chi connectivity index (χ2n) is 7.09. The molecule has 3 amide bonds. The second-order valence-corrected chi connectivity index (χ2v) is 7.46. The summed E-state index contributed by atoms with van der Waals surface area (Å²) in [6.07, 6.45) is 0.580. The van der Waals surface area contributed by atoms with Gasteiger partial charge in [0.15, 0.2) is 5.96 Å². The third-order valence-electron chi connectivity index (χ3n) is 4.15. The number of carbonyl (C=O) groups is 4. The normalized spacial score (nSPS) is 14.7. The number of carboxylic acid groups (broad SMARTS) is 1. The lowest BCUT2D eigenvalue weighted by atomic mass is 10.0. The van der Waals surface area contributed by atoms with Crippen LogP contribution in [0.5, 0.6) is 0 Å². The summed E-state index contributed by atoms with van der Waals surface area (Å²) in [5, 5.41) is 16.3. The number of rotatable bonds is 13. The van der Waals surface area contributed by atoms with Gasteiger partial charge in [-0.05, 0) is 25.7 Å². The Kier molecular flexibility index (Phi) is 12.5. The molecular weight excluding hydrogens is 414 g/mol. The first kappa shape index (κ1) is 27.5. The van der Waals surface area contributed by atoms with Crippen molar-refractivity contribution in [1.29, 1.82) is 0 Å². The Morgan fingerprint density at radius 3 is 2.00 bits per heavy atom. The average Bonchev–Trinajstić information content (AvgIpc) is 2.66. The minimum absolute atomic E-state index is 0.0932. The highest BCUT2D eigenvalue weighted by molar-refractivity contribution is 7.80. The molecule has 0 aromatic carbocycles. The fourth-order valence-corrected chi connectivity index (χ4v) is 2.45. The standard InChI is InChI=1S/C17H33N7O5S/c1-8(2)12(18)15(27)23-10(5-4-6-21-17(19)20)14(26)22-9(3)13(25)24-11(7-30)16(28)29/h8-12,30H,4-7,18H2,1-3H3,(H,22,26)(H,23,27)(H,24,25)(H,28,29)(H4,19,20,21)/t9-,10-,11-,12-/m0/s1. The van der Waals surface area contributed by atoms with Crippen LogP contribution in [0, 0.1) is 5.92 Å². The highest BCUT2D eigenvalue weighted by atomic mass is 32.1. The van der Waals surface area contributed by atoms with Crippen LogP contribution < -0.4 is 33.2 Å². The van der Waals surface area contributed by atoms with E-state index in [0.717, 1.165) is 0 Å². The Balaban J connectivity index is 5.10. The maximum atomic E-state index is 12.6. The predicted octanol–water partition coefficient (Wildman–Crippen LogP) is -2.49. The molecule has 172 valence electrons. The number of amides is 3. The average molecular weight is 448 g/mol. The minimum atomic E-state index is -1.25. The van der Waals surface area contributed by atoms with Gasteiger partial charge in [-0.3, -0.25) is 19.4 Å². The molecule has 0 aliphatic rings. The largest absolute Gasteiger partial charge is 0.480 e. The molecule has 0 aliphatic heterocycles. The number of thiol groups is 1. The van der Waals surface area contributed by atoms with Crippen LogP contribution in [0.2, 0.25) is 0 Å². The van der Waals surface area contributed by atoms with Gasteiger partial charge >= 0.3 is 5.97 Å². The van der Waals surface area contributed by atoms with E-state index in [9.17, 15) is 19.2 Å². The van der Waals surface area contributed by atoms with E-state index >= 15 is 0 Å². The molecule has 0 bridgehead atoms. The number of nitrogens with two attached hydrogens (primary N) is 3. The molecule has 13 heteroatoms. The van der Waals surface area contributed by atoms with Crippen molar-refractivity contribution in [2.75, 3.05) is 12.3 Å². The van der Waals surface area contributed by atoms with Crippen LogP contribution in [-0.2, 0) is 19.2 Å². The van der Waals surface area contributed by atoms with Crippen molar-refractivity contribution < 1.29 is 24.3 Å². The Labute approximate surface area is 181 Å². The van der Waals surface area contributed by atoms with E-state index in [1.165, 1.54) is 6.92 Å². The lowest BCUT2D eigenvalue weighted by Gasteiger charge is -2.24. The summed E-state index contributed by atoms with van der Waals surface area (Å²) in [7, 11) is 0. The van der Waals surface area contributed by atoms with Gasteiger partial charge < -0.3 is 38.3 Å². The molecule has 0 fully saturated rings. The van der Waals surface area contributed by atoms with Crippen LogP contribution in [0.3, 0.4) is 0 Å². The number of nitrogens with zero attached hydrogens (tertiary/aromatic N) is 1. The summed E-state index contributed by atoms with van der Waals surface area (Å²) >= 11 is 3.86. The van der Waals surface area contributed by atoms with Crippen LogP contribution in [0.4, 0.5) is 0 Å². The summed E-state index contributed by atoms with van der Waals surface area (Å²) in [6.45, 7) is 5.18. The first-order valence-corrected chi connectivity index (χ1v) is 10.1. The number of guanidine groups is 1. The third-order valence-corrected chi connectivity index (χ3v) is 4.51. The number of hydrogen-bond donors (Lipinski definition) is 8. The van der Waals surface area contributed by atoms with E-state index in [4.69, 9.17) is 22.3 Å². The lowest BCUT2D eigenvalue weighted by Crippen LogP contribution is -2.57. The highest BCUT2D eigenvalue weighted by Crippen LogP contribution is 2.04. The van der Waals surface area contributed by atoms with Gasteiger partial charge in [-0.1, -0.05) is 13.8 Å². The summed E-state index contributed by atoms with van der Waals surface area (Å²) in [4.78, 5) is 51.9. The summed E-state index contributed by atoms with van der Waals surface area (Å²) in [5.74, 6) is -3.43. The maximum absolute atomic E-state index is 12.6. The van der Waals surface area contributed by atoms with Crippen molar-refractivity contribution in [2.24, 2.45) is 28.1 Å². The molecule has 0 aromatic rings. The molecule has 30 heavy (non-hydrogen) atoms. The summed E-state index contributed by atoms with van der Waals surface area (Å²) in [5.41, 5.74) is 16.4. The van der Waals surface area contributed by atoms with Crippen LogP contribution in [-0.4, -0.2) is 71.2 Å². The van der Waals surface area contributed by atoms with Gasteiger partial charge in [0, 0.05) is 12.3 Å². The quantitative estimate of drug-likeness (QED) is 0.0652. The zero-order valence-electron chi connectivity index (χ0n) is 17.4. The van der Waals surface area contributed by atoms with E-state index in [1.54, 1.807) is 13.8 Å². The van der Waals surface area contributed by atoms with Gasteiger partial charge in [-0.15, -0.1) is 0 Å². The first-order chi connectivity index (χ1) is 13.9. The second kappa shape index (κ2) is 13.6. The summed E-state index contributed by atoms with van der Waals surface area (Å²) in [6, 6.07) is -4.04. The van der Waals surface area contributed by atoms with Gasteiger partial charge in [0.25, 0.3) is 0 Å². The molecule has 0 aromatic heterocycles. The van der Waals surface area contributed by atoms with Crippen molar-refractivity contribution in [2.45, 2.75) is 57.8 Å². The van der Waals surface area contributed by atoms with Crippen molar-refractivity contribution in [3.8, 4) is 0 Å². The Bertz CT molecular complexity index is 640. The van der Waals surface area contributed by atoms with Crippen LogP contribution in [0.25, 0.3) is 0 Å². The van der Waals surface area contributed by atoms with E-state index in [-0.39, 0.29) is 30.6 Å². The number of hydrogen-bond acceptors (Lipinski definition) is 7. The minimum Gasteiger partial charge on any atom is -0.480 e. The molecular formula is C17H33N7O5S. The molecule has 12 nitrogen and oxygen atoms in total. The molecule has 0 unspecified atom stereocenters. The van der Waals surface area contributed by atoms with Gasteiger partial charge in [0.2, 0.25) is 17.7 Å². The van der Waals surface area contributed by atoms with Gasteiger partial charge in [-0.25, -0.2) is 4.79 Å². The van der Waals surface area contributed by atoms with E-state index in [1.807, 2.05) is 0 Å². The topological polar surface area (TPSA) is 215 Å². The fourth-order valence-electron chi connectivity index (χ4n) is 2.20. The molecule has 0 radical (unpaired) electrons. The third kappa shape index (κ3) is 10.3. The number of nitrogens with one attached hydrogen (secondary N) is 3.